The summed E-state index contributed by atoms with van der Waals surface area (Å²) >= 11 is 0. The predicted octanol–water partition coefficient (Wildman–Crippen LogP) is 1.90. The van der Waals surface area contributed by atoms with Crippen molar-refractivity contribution in [3.05, 3.63) is 0 Å². The van der Waals surface area contributed by atoms with Crippen molar-refractivity contribution in [2.24, 2.45) is 5.92 Å². The van der Waals surface area contributed by atoms with Gasteiger partial charge in [0.05, 0.1) is 6.61 Å². The molecule has 0 unspecified atom stereocenters. The molecule has 0 amide bonds. The van der Waals surface area contributed by atoms with E-state index in [0.717, 1.165) is 25.6 Å². The van der Waals surface area contributed by atoms with E-state index < -0.39 is 0 Å². The molecule has 2 nitrogen and oxygen atoms in total. The van der Waals surface area contributed by atoms with Crippen molar-refractivity contribution < 1.29 is 4.74 Å². The third kappa shape index (κ3) is 17.8. The third-order valence-electron chi connectivity index (χ3n) is 1.04. The molecule has 2 heteroatoms. The SMILES string of the molecule is CC.COCCNCC(C)C. The van der Waals surface area contributed by atoms with E-state index in [2.05, 4.69) is 19.2 Å². The van der Waals surface area contributed by atoms with E-state index >= 15 is 0 Å². The Morgan fingerprint density at radius 1 is 1.27 bits per heavy atom. The van der Waals surface area contributed by atoms with Gasteiger partial charge in [-0.05, 0) is 12.5 Å². The maximum atomic E-state index is 4.86. The smallest absolute Gasteiger partial charge is 0.0587 e. The fourth-order valence-corrected chi connectivity index (χ4v) is 0.565. The van der Waals surface area contributed by atoms with E-state index in [-0.39, 0.29) is 0 Å². The van der Waals surface area contributed by atoms with E-state index in [9.17, 15) is 0 Å². The summed E-state index contributed by atoms with van der Waals surface area (Å²) in [5, 5.41) is 3.26. The molecule has 0 saturated carbocycles. The van der Waals surface area contributed by atoms with Crippen molar-refractivity contribution in [3.63, 3.8) is 0 Å². The quantitative estimate of drug-likeness (QED) is 0.622. The standard InChI is InChI=1S/C7H17NO.C2H6/c1-7(2)6-8-4-5-9-3;1-2/h7-8H,4-6H2,1-3H3;1-2H3. The number of hydrogen-bond donors (Lipinski definition) is 1. The molecule has 11 heavy (non-hydrogen) atoms. The monoisotopic (exact) mass is 161 g/mol. The summed E-state index contributed by atoms with van der Waals surface area (Å²) in [5.74, 6) is 0.738. The second-order valence-corrected chi connectivity index (χ2v) is 2.59. The molecule has 0 atom stereocenters. The summed E-state index contributed by atoms with van der Waals surface area (Å²) in [4.78, 5) is 0. The van der Waals surface area contributed by atoms with E-state index in [1.807, 2.05) is 13.8 Å². The number of ether oxygens (including phenoxy) is 1. The zero-order valence-electron chi connectivity index (χ0n) is 8.61. The summed E-state index contributed by atoms with van der Waals surface area (Å²) in [5.41, 5.74) is 0. The normalized spacial score (nSPS) is 9.27. The highest BCUT2D eigenvalue weighted by atomic mass is 16.5. The molecule has 0 heterocycles. The Bertz CT molecular complexity index is 55.5. The molecule has 0 spiro atoms. The molecular weight excluding hydrogens is 138 g/mol. The van der Waals surface area contributed by atoms with Gasteiger partial charge >= 0.3 is 0 Å². The number of rotatable bonds is 5. The topological polar surface area (TPSA) is 21.3 Å². The van der Waals surface area contributed by atoms with Gasteiger partial charge in [-0.1, -0.05) is 27.7 Å². The Balaban J connectivity index is 0. The van der Waals surface area contributed by atoms with Crippen LogP contribution in [0.3, 0.4) is 0 Å². The summed E-state index contributed by atoms with van der Waals surface area (Å²) in [6.45, 7) is 11.3. The van der Waals surface area contributed by atoms with E-state index in [4.69, 9.17) is 4.74 Å². The van der Waals surface area contributed by atoms with Gasteiger partial charge in [-0.15, -0.1) is 0 Å². The maximum absolute atomic E-state index is 4.86. The Hall–Kier alpha value is -0.0800. The Morgan fingerprint density at radius 3 is 2.18 bits per heavy atom. The van der Waals surface area contributed by atoms with Crippen LogP contribution in [-0.2, 0) is 4.74 Å². The van der Waals surface area contributed by atoms with Gasteiger partial charge in [0.1, 0.15) is 0 Å². The summed E-state index contributed by atoms with van der Waals surface area (Å²) < 4.78 is 4.86. The molecular formula is C9H23NO. The predicted molar refractivity (Wildman–Crippen MR) is 50.9 cm³/mol. The second-order valence-electron chi connectivity index (χ2n) is 2.59. The van der Waals surface area contributed by atoms with Gasteiger partial charge in [-0.2, -0.15) is 0 Å². The van der Waals surface area contributed by atoms with Gasteiger partial charge in [-0.25, -0.2) is 0 Å². The Labute approximate surface area is 71.3 Å². The molecule has 0 aliphatic heterocycles. The zero-order valence-corrected chi connectivity index (χ0v) is 8.61. The van der Waals surface area contributed by atoms with Crippen LogP contribution in [0.4, 0.5) is 0 Å². The van der Waals surface area contributed by atoms with Crippen LogP contribution in [0.15, 0.2) is 0 Å². The second kappa shape index (κ2) is 12.6. The molecule has 0 aromatic rings. The molecule has 0 aliphatic rings. The van der Waals surface area contributed by atoms with Crippen LogP contribution in [0.5, 0.6) is 0 Å². The van der Waals surface area contributed by atoms with Gasteiger partial charge < -0.3 is 10.1 Å². The summed E-state index contributed by atoms with van der Waals surface area (Å²) in [6.07, 6.45) is 0. The van der Waals surface area contributed by atoms with Gasteiger partial charge in [0.25, 0.3) is 0 Å². The summed E-state index contributed by atoms with van der Waals surface area (Å²) in [7, 11) is 1.72. The lowest BCUT2D eigenvalue weighted by molar-refractivity contribution is 0.198. The third-order valence-corrected chi connectivity index (χ3v) is 1.04. The van der Waals surface area contributed by atoms with Crippen molar-refractivity contribution in [3.8, 4) is 0 Å². The molecule has 0 aliphatic carbocycles. The molecule has 0 bridgehead atoms. The fraction of sp³-hybridized carbons (Fsp3) is 1.00. The van der Waals surface area contributed by atoms with Crippen molar-refractivity contribution in [1.29, 1.82) is 0 Å². The highest BCUT2D eigenvalue weighted by Gasteiger charge is 1.90. The first kappa shape index (κ1) is 13.5. The Kier molecular flexibility index (Phi) is 15.4. The van der Waals surface area contributed by atoms with Gasteiger partial charge in [0.2, 0.25) is 0 Å². The zero-order chi connectivity index (χ0) is 9.11. The average molecular weight is 161 g/mol. The van der Waals surface area contributed by atoms with Crippen LogP contribution in [0, 0.1) is 5.92 Å². The highest BCUT2D eigenvalue weighted by Crippen LogP contribution is 1.85. The lowest BCUT2D eigenvalue weighted by atomic mass is 10.2. The average Bonchev–Trinajstić information content (AvgIpc) is 2.02. The minimum Gasteiger partial charge on any atom is -0.383 e. The van der Waals surface area contributed by atoms with E-state index in [0.29, 0.717) is 0 Å². The van der Waals surface area contributed by atoms with Crippen LogP contribution in [0.2, 0.25) is 0 Å². The molecule has 0 aromatic carbocycles. The Morgan fingerprint density at radius 2 is 1.82 bits per heavy atom. The van der Waals surface area contributed by atoms with Crippen LogP contribution >= 0.6 is 0 Å². The van der Waals surface area contributed by atoms with Crippen LogP contribution in [0.25, 0.3) is 0 Å². The molecule has 0 saturated heterocycles. The molecule has 0 fully saturated rings. The summed E-state index contributed by atoms with van der Waals surface area (Å²) in [6, 6.07) is 0. The minimum absolute atomic E-state index is 0.738. The fourth-order valence-electron chi connectivity index (χ4n) is 0.565. The van der Waals surface area contributed by atoms with Crippen LogP contribution in [0.1, 0.15) is 27.7 Å². The van der Waals surface area contributed by atoms with Crippen molar-refractivity contribution in [2.45, 2.75) is 27.7 Å². The van der Waals surface area contributed by atoms with Crippen LogP contribution < -0.4 is 5.32 Å². The molecule has 1 N–H and O–H groups in total. The van der Waals surface area contributed by atoms with Crippen LogP contribution in [-0.4, -0.2) is 26.8 Å². The van der Waals surface area contributed by atoms with Gasteiger partial charge in [0, 0.05) is 13.7 Å². The lowest BCUT2D eigenvalue weighted by Gasteiger charge is -2.05. The first-order valence-electron chi connectivity index (χ1n) is 4.47. The molecule has 0 rings (SSSR count). The van der Waals surface area contributed by atoms with E-state index in [1.165, 1.54) is 0 Å². The van der Waals surface area contributed by atoms with Crippen molar-refractivity contribution >= 4 is 0 Å². The highest BCUT2D eigenvalue weighted by molar-refractivity contribution is 4.49. The molecule has 70 valence electrons. The molecule has 0 radical (unpaired) electrons. The number of hydrogen-bond acceptors (Lipinski definition) is 2. The van der Waals surface area contributed by atoms with E-state index in [1.54, 1.807) is 7.11 Å². The molecule has 0 aromatic heterocycles. The number of nitrogens with one attached hydrogen (secondary N) is 1. The van der Waals surface area contributed by atoms with Crippen molar-refractivity contribution in [1.82, 2.24) is 5.32 Å². The van der Waals surface area contributed by atoms with Gasteiger partial charge in [0.15, 0.2) is 0 Å². The largest absolute Gasteiger partial charge is 0.383 e. The first-order valence-corrected chi connectivity index (χ1v) is 4.47. The van der Waals surface area contributed by atoms with Gasteiger partial charge in [-0.3, -0.25) is 0 Å². The maximum Gasteiger partial charge on any atom is 0.0587 e. The first-order chi connectivity index (χ1) is 5.27. The lowest BCUT2D eigenvalue weighted by Crippen LogP contribution is -2.23. The number of methoxy groups -OCH3 is 1. The minimum atomic E-state index is 0.738. The van der Waals surface area contributed by atoms with Crippen molar-refractivity contribution in [2.75, 3.05) is 26.8 Å².